The molecule has 0 bridgehead atoms. The molecule has 2 rings (SSSR count). The van der Waals surface area contributed by atoms with Crippen molar-refractivity contribution in [2.75, 3.05) is 11.5 Å². The van der Waals surface area contributed by atoms with Crippen LogP contribution in [0.3, 0.4) is 0 Å². The monoisotopic (exact) mass is 268 g/mol. The van der Waals surface area contributed by atoms with Gasteiger partial charge in [-0.05, 0) is 18.1 Å². The van der Waals surface area contributed by atoms with E-state index in [4.69, 9.17) is 23.1 Å². The Morgan fingerprint density at radius 3 is 2.56 bits per heavy atom. The van der Waals surface area contributed by atoms with Gasteiger partial charge in [-0.3, -0.25) is 0 Å². The Balaban J connectivity index is 2.60. The van der Waals surface area contributed by atoms with Crippen molar-refractivity contribution >= 4 is 23.0 Å². The molecule has 1 heterocycles. The van der Waals surface area contributed by atoms with Gasteiger partial charge >= 0.3 is 0 Å². The lowest BCUT2D eigenvalue weighted by Crippen LogP contribution is -2.06. The van der Waals surface area contributed by atoms with Crippen LogP contribution in [0.2, 0.25) is 5.02 Å². The van der Waals surface area contributed by atoms with Crippen LogP contribution >= 0.6 is 11.6 Å². The summed E-state index contributed by atoms with van der Waals surface area (Å²) in [6.07, 6.45) is 1.65. The van der Waals surface area contributed by atoms with E-state index >= 15 is 0 Å². The molecule has 0 aliphatic heterocycles. The van der Waals surface area contributed by atoms with E-state index in [0.717, 1.165) is 5.69 Å². The molecule has 4 nitrogen and oxygen atoms in total. The van der Waals surface area contributed by atoms with Crippen molar-refractivity contribution in [3.63, 3.8) is 0 Å². The van der Waals surface area contributed by atoms with Gasteiger partial charge in [-0.2, -0.15) is 5.10 Å². The highest BCUT2D eigenvalue weighted by atomic mass is 35.5. The number of nitrogens with zero attached hydrogens (tertiary/aromatic N) is 2. The van der Waals surface area contributed by atoms with Crippen LogP contribution in [0.5, 0.6) is 0 Å². The molecule has 0 amide bonds. The fourth-order valence-electron chi connectivity index (χ4n) is 1.66. The molecule has 0 atom stereocenters. The standard InChI is InChI=1S/C12H14ClFN4/c1-6(2)9-3-4-18(17-9)12-8(16)5-7(15)10(13)11(12)14/h3-6H,15-16H2,1-2H3. The number of benzene rings is 1. The first-order valence-electron chi connectivity index (χ1n) is 5.50. The van der Waals surface area contributed by atoms with E-state index < -0.39 is 5.82 Å². The second-order valence-corrected chi connectivity index (χ2v) is 4.75. The summed E-state index contributed by atoms with van der Waals surface area (Å²) in [5.74, 6) is -0.410. The zero-order valence-electron chi connectivity index (χ0n) is 10.1. The Labute approximate surface area is 109 Å². The minimum atomic E-state index is -0.660. The molecular weight excluding hydrogens is 255 g/mol. The van der Waals surface area contributed by atoms with Gasteiger partial charge in [0.05, 0.1) is 17.1 Å². The molecule has 6 heteroatoms. The molecule has 1 aromatic heterocycles. The molecule has 2 aromatic rings. The third-order valence-corrected chi connectivity index (χ3v) is 3.05. The van der Waals surface area contributed by atoms with Crippen LogP contribution < -0.4 is 11.5 Å². The summed E-state index contributed by atoms with van der Waals surface area (Å²) in [4.78, 5) is 0. The van der Waals surface area contributed by atoms with Gasteiger partial charge in [0, 0.05) is 6.20 Å². The predicted octanol–water partition coefficient (Wildman–Crippen LogP) is 2.95. The predicted molar refractivity (Wildman–Crippen MR) is 71.4 cm³/mol. The summed E-state index contributed by atoms with van der Waals surface area (Å²) in [5, 5.41) is 4.13. The first-order valence-corrected chi connectivity index (χ1v) is 5.88. The van der Waals surface area contributed by atoms with Gasteiger partial charge < -0.3 is 11.5 Å². The molecule has 0 saturated heterocycles. The number of anilines is 2. The maximum absolute atomic E-state index is 14.1. The third kappa shape index (κ3) is 2.01. The number of nitrogens with two attached hydrogens (primary N) is 2. The lowest BCUT2D eigenvalue weighted by Gasteiger charge is -2.10. The van der Waals surface area contributed by atoms with Crippen molar-refractivity contribution in [1.82, 2.24) is 9.78 Å². The molecule has 96 valence electrons. The van der Waals surface area contributed by atoms with E-state index in [0.29, 0.717) is 0 Å². The highest BCUT2D eigenvalue weighted by Gasteiger charge is 2.17. The van der Waals surface area contributed by atoms with Crippen molar-refractivity contribution in [3.8, 4) is 5.69 Å². The minimum absolute atomic E-state index is 0.117. The van der Waals surface area contributed by atoms with Gasteiger partial charge in [0.25, 0.3) is 0 Å². The first kappa shape index (κ1) is 12.7. The van der Waals surface area contributed by atoms with Crippen molar-refractivity contribution in [2.45, 2.75) is 19.8 Å². The normalized spacial score (nSPS) is 11.2. The van der Waals surface area contributed by atoms with Crippen molar-refractivity contribution < 1.29 is 4.39 Å². The van der Waals surface area contributed by atoms with Gasteiger partial charge in [-0.1, -0.05) is 25.4 Å². The maximum Gasteiger partial charge on any atom is 0.171 e. The van der Waals surface area contributed by atoms with Gasteiger partial charge in [0.15, 0.2) is 5.82 Å². The largest absolute Gasteiger partial charge is 0.397 e. The van der Waals surface area contributed by atoms with Crippen molar-refractivity contribution in [1.29, 1.82) is 0 Å². The van der Waals surface area contributed by atoms with Crippen molar-refractivity contribution in [2.24, 2.45) is 0 Å². The molecule has 0 fully saturated rings. The number of hydrogen-bond acceptors (Lipinski definition) is 3. The fourth-order valence-corrected chi connectivity index (χ4v) is 1.80. The molecule has 0 saturated carbocycles. The summed E-state index contributed by atoms with van der Waals surface area (Å²) in [6.45, 7) is 4.00. The minimum Gasteiger partial charge on any atom is -0.397 e. The Bertz CT molecular complexity index is 592. The van der Waals surface area contributed by atoms with E-state index in [1.54, 1.807) is 6.20 Å². The van der Waals surface area contributed by atoms with Crippen LogP contribution in [0, 0.1) is 5.82 Å². The number of rotatable bonds is 2. The number of aromatic nitrogens is 2. The van der Waals surface area contributed by atoms with Crippen LogP contribution in [0.15, 0.2) is 18.3 Å². The SMILES string of the molecule is CC(C)c1ccn(-c2c(N)cc(N)c(Cl)c2F)n1. The van der Waals surface area contributed by atoms with E-state index in [1.807, 2.05) is 19.9 Å². The average Bonchev–Trinajstić information content (AvgIpc) is 2.75. The van der Waals surface area contributed by atoms with Crippen LogP contribution in [-0.4, -0.2) is 9.78 Å². The fraction of sp³-hybridized carbons (Fsp3) is 0.250. The molecular formula is C12H14ClFN4. The zero-order chi connectivity index (χ0) is 13.4. The number of nitrogen functional groups attached to an aromatic ring is 2. The van der Waals surface area contributed by atoms with Crippen LogP contribution in [0.1, 0.15) is 25.5 Å². The Morgan fingerprint density at radius 1 is 1.33 bits per heavy atom. The number of hydrogen-bond donors (Lipinski definition) is 2. The molecule has 1 aromatic carbocycles. The Hall–Kier alpha value is -1.75. The molecule has 0 aliphatic rings. The Kier molecular flexibility index (Phi) is 3.17. The van der Waals surface area contributed by atoms with Crippen LogP contribution in [-0.2, 0) is 0 Å². The summed E-state index contributed by atoms with van der Waals surface area (Å²) in [7, 11) is 0. The zero-order valence-corrected chi connectivity index (χ0v) is 10.9. The number of halogens is 2. The lowest BCUT2D eigenvalue weighted by molar-refractivity contribution is 0.610. The molecule has 4 N–H and O–H groups in total. The second kappa shape index (κ2) is 4.49. The van der Waals surface area contributed by atoms with E-state index in [9.17, 15) is 4.39 Å². The van der Waals surface area contributed by atoms with Gasteiger partial charge in [0.2, 0.25) is 0 Å². The molecule has 0 aliphatic carbocycles. The average molecular weight is 269 g/mol. The van der Waals surface area contributed by atoms with E-state index in [1.165, 1.54) is 10.7 Å². The van der Waals surface area contributed by atoms with Gasteiger partial charge in [-0.15, -0.1) is 0 Å². The second-order valence-electron chi connectivity index (χ2n) is 4.37. The first-order chi connectivity index (χ1) is 8.41. The van der Waals surface area contributed by atoms with Gasteiger partial charge in [-0.25, -0.2) is 9.07 Å². The van der Waals surface area contributed by atoms with Crippen LogP contribution in [0.4, 0.5) is 15.8 Å². The molecule has 18 heavy (non-hydrogen) atoms. The maximum atomic E-state index is 14.1. The Morgan fingerprint density at radius 2 is 2.00 bits per heavy atom. The molecule has 0 unspecified atom stereocenters. The highest BCUT2D eigenvalue weighted by molar-refractivity contribution is 6.33. The summed E-state index contributed by atoms with van der Waals surface area (Å²) in [5.41, 5.74) is 12.6. The summed E-state index contributed by atoms with van der Waals surface area (Å²) >= 11 is 5.78. The molecule has 0 spiro atoms. The lowest BCUT2D eigenvalue weighted by atomic mass is 10.1. The quantitative estimate of drug-likeness (QED) is 0.823. The summed E-state index contributed by atoms with van der Waals surface area (Å²) < 4.78 is 15.4. The summed E-state index contributed by atoms with van der Waals surface area (Å²) in [6, 6.07) is 3.24. The highest BCUT2D eigenvalue weighted by Crippen LogP contribution is 2.32. The molecule has 0 radical (unpaired) electrons. The van der Waals surface area contributed by atoms with Gasteiger partial charge in [0.1, 0.15) is 10.7 Å². The van der Waals surface area contributed by atoms with E-state index in [2.05, 4.69) is 5.10 Å². The smallest absolute Gasteiger partial charge is 0.171 e. The van der Waals surface area contributed by atoms with Crippen molar-refractivity contribution in [3.05, 3.63) is 34.9 Å². The van der Waals surface area contributed by atoms with Crippen LogP contribution in [0.25, 0.3) is 5.69 Å². The topological polar surface area (TPSA) is 69.9 Å². The third-order valence-electron chi connectivity index (χ3n) is 2.67. The van der Waals surface area contributed by atoms with E-state index in [-0.39, 0.29) is 28.0 Å².